The summed E-state index contributed by atoms with van der Waals surface area (Å²) in [7, 11) is 0. The Kier molecular flexibility index (Phi) is 40.9. The average Bonchev–Trinajstić information content (AvgIpc) is 1.57. The van der Waals surface area contributed by atoms with Gasteiger partial charge in [0.25, 0.3) is 0 Å². The number of carbonyl (C=O) groups is 4. The van der Waals surface area contributed by atoms with Gasteiger partial charge in [0.2, 0.25) is 5.91 Å². The van der Waals surface area contributed by atoms with Gasteiger partial charge in [-0.1, -0.05) is 46.0 Å². The number of hydrogen-bond donors (Lipinski definition) is 4. The van der Waals surface area contributed by atoms with E-state index in [1.807, 2.05) is 71.9 Å². The molecule has 4 aromatic rings. The van der Waals surface area contributed by atoms with Gasteiger partial charge in [-0.15, -0.1) is 15.3 Å². The number of carbonyl (C=O) groups excluding carboxylic acids is 4. The Bertz CT molecular complexity index is 4050. The highest BCUT2D eigenvalue weighted by atomic mass is 16.8. The van der Waals surface area contributed by atoms with E-state index >= 15 is 0 Å². The molecule has 0 radical (unpaired) electrons. The molecule has 141 heavy (non-hydrogen) atoms. The number of nitrogens with one attached hydrogen (secondary N) is 4. The zero-order valence-corrected chi connectivity index (χ0v) is 84.1. The van der Waals surface area contributed by atoms with Crippen LogP contribution in [0.5, 0.6) is 0 Å². The highest BCUT2D eigenvalue weighted by Crippen LogP contribution is 2.50. The van der Waals surface area contributed by atoms with Crippen molar-refractivity contribution in [1.82, 2.24) is 66.2 Å². The smallest absolute Gasteiger partial charge is 0.408 e. The number of benzene rings is 1. The molecule has 4 amide bonds. The minimum Gasteiger partial charge on any atom is -0.444 e. The normalized spacial score (nSPS) is 26.7. The third-order valence-electron chi connectivity index (χ3n) is 23.1. The highest BCUT2D eigenvalue weighted by Gasteiger charge is 2.70. The van der Waals surface area contributed by atoms with Gasteiger partial charge in [0.1, 0.15) is 111 Å². The molecule has 15 atom stereocenters. The van der Waals surface area contributed by atoms with Crippen molar-refractivity contribution in [3.05, 3.63) is 71.6 Å². The molecule has 13 rings (SSSR count). The molecular formula is C93H149N13O35. The maximum Gasteiger partial charge on any atom is 0.408 e. The minimum atomic E-state index is -1.29. The van der Waals surface area contributed by atoms with Crippen LogP contribution < -0.4 is 21.3 Å². The van der Waals surface area contributed by atoms with Crippen molar-refractivity contribution >= 4 is 24.2 Å². The molecule has 4 N–H and O–H groups in total. The van der Waals surface area contributed by atoms with Crippen LogP contribution in [0.15, 0.2) is 48.9 Å². The van der Waals surface area contributed by atoms with Gasteiger partial charge >= 0.3 is 18.3 Å². The van der Waals surface area contributed by atoms with E-state index in [1.54, 1.807) is 94.9 Å². The summed E-state index contributed by atoms with van der Waals surface area (Å²) >= 11 is 0. The largest absolute Gasteiger partial charge is 0.444 e. The molecule has 12 heterocycles. The predicted molar refractivity (Wildman–Crippen MR) is 487 cm³/mol. The molecule has 9 saturated heterocycles. The topological polar surface area (TPSA) is 495 Å². The van der Waals surface area contributed by atoms with Gasteiger partial charge in [0.05, 0.1) is 263 Å². The van der Waals surface area contributed by atoms with Crippen molar-refractivity contribution in [1.29, 1.82) is 0 Å². The first-order chi connectivity index (χ1) is 67.4. The molecule has 6 bridgehead atoms. The summed E-state index contributed by atoms with van der Waals surface area (Å²) in [6.45, 7) is 36.3. The van der Waals surface area contributed by atoms with E-state index in [9.17, 15) is 19.2 Å². The van der Waals surface area contributed by atoms with Crippen LogP contribution in [0.4, 0.5) is 14.4 Å². The lowest BCUT2D eigenvalue weighted by atomic mass is 9.88. The molecule has 3 aromatic heterocycles. The van der Waals surface area contributed by atoms with E-state index in [0.29, 0.717) is 175 Å². The molecule has 796 valence electrons. The molecule has 0 aliphatic carbocycles. The quantitative estimate of drug-likeness (QED) is 0.0357. The summed E-state index contributed by atoms with van der Waals surface area (Å²) in [5, 5.41) is 37.9. The summed E-state index contributed by atoms with van der Waals surface area (Å²) in [6.07, 6.45) is -1.82. The fourth-order valence-corrected chi connectivity index (χ4v) is 17.1. The summed E-state index contributed by atoms with van der Waals surface area (Å²) in [6, 6.07) is 7.80. The molecular weight excluding hydrogens is 1860 g/mol. The van der Waals surface area contributed by atoms with Gasteiger partial charge in [-0.25, -0.2) is 28.4 Å². The van der Waals surface area contributed by atoms with Crippen LogP contribution in [-0.4, -0.2) is 404 Å². The number of nitrogens with zero attached hydrogens (tertiary/aromatic N) is 9. The van der Waals surface area contributed by atoms with Crippen LogP contribution in [0.25, 0.3) is 0 Å². The zero-order chi connectivity index (χ0) is 100. The second-order valence-electron chi connectivity index (χ2n) is 40.2. The lowest BCUT2D eigenvalue weighted by Crippen LogP contribution is -2.65. The SMILES string of the molecule is CC(C)(C)OC(=O)N[C@H]1[C@H]2OC[C@](COCCOCCOCCOCCn3cc(COCC(COCc4cn(CCOCCOCCOCCOC[C@@]56CO[C@@H](O5)[C@H](NC(=O)OC(C)(C)C)[C@H]5OC(C)(C)O[C@H]56)nn4)(COCc4cn(CCOCCOCCOCCOC[C@@]56CO[C@@H](O5)[C@H](NC(=O)OC(C)(C)C)[C@H]5OC(C)(C)O[C@H]56)nn4)NC(=O)CCCOCc4ccccc4)nn3)(O2)[C@@H]2OC(C)(C)O[C@H]12. The van der Waals surface area contributed by atoms with E-state index in [0.717, 1.165) is 5.56 Å². The van der Waals surface area contributed by atoms with E-state index in [1.165, 1.54) is 0 Å². The molecule has 0 saturated carbocycles. The van der Waals surface area contributed by atoms with Gasteiger partial charge in [0, 0.05) is 13.0 Å². The van der Waals surface area contributed by atoms with Crippen LogP contribution in [0, 0.1) is 0 Å². The lowest BCUT2D eigenvalue weighted by molar-refractivity contribution is -0.213. The molecule has 1 aromatic carbocycles. The third kappa shape index (κ3) is 34.5. The third-order valence-corrected chi connectivity index (χ3v) is 23.1. The number of alkyl carbamates (subject to hydrolysis) is 3. The second kappa shape index (κ2) is 51.9. The molecule has 0 spiro atoms. The minimum absolute atomic E-state index is 0.00954. The maximum absolute atomic E-state index is 14.2. The zero-order valence-electron chi connectivity index (χ0n) is 84.1. The molecule has 9 aliphatic heterocycles. The number of amides is 4. The van der Waals surface area contributed by atoms with Crippen molar-refractivity contribution in [3.63, 3.8) is 0 Å². The summed E-state index contributed by atoms with van der Waals surface area (Å²) in [5.41, 5.74) is -3.68. The van der Waals surface area contributed by atoms with Crippen molar-refractivity contribution in [2.75, 3.05) is 205 Å². The van der Waals surface area contributed by atoms with Crippen LogP contribution in [0.3, 0.4) is 0 Å². The van der Waals surface area contributed by atoms with Crippen LogP contribution in [0.1, 0.15) is 139 Å². The first kappa shape index (κ1) is 111. The first-order valence-electron chi connectivity index (χ1n) is 48.6. The average molecular weight is 2010 g/mol. The molecule has 48 heteroatoms. The molecule has 9 fully saturated rings. The molecule has 48 nitrogen and oxygen atoms in total. The monoisotopic (exact) mass is 2010 g/mol. The Morgan fingerprint density at radius 3 is 0.943 bits per heavy atom. The van der Waals surface area contributed by atoms with E-state index in [2.05, 4.69) is 52.2 Å². The number of rotatable bonds is 64. The Morgan fingerprint density at radius 1 is 0.355 bits per heavy atom. The first-order valence-corrected chi connectivity index (χ1v) is 48.6. The van der Waals surface area contributed by atoms with Gasteiger partial charge < -0.3 is 168 Å². The summed E-state index contributed by atoms with van der Waals surface area (Å²) < 4.78 is 192. The lowest BCUT2D eigenvalue weighted by Gasteiger charge is -2.42. The van der Waals surface area contributed by atoms with Gasteiger partial charge in [-0.2, -0.15) is 0 Å². The number of fused-ring (bicyclic) bond motifs is 12. The molecule has 9 aliphatic rings. The van der Waals surface area contributed by atoms with Crippen molar-refractivity contribution < 1.29 is 166 Å². The Morgan fingerprint density at radius 2 is 0.645 bits per heavy atom. The summed E-state index contributed by atoms with van der Waals surface area (Å²) in [5.74, 6) is -3.09. The Labute approximate surface area is 822 Å². The van der Waals surface area contributed by atoms with Crippen LogP contribution >= 0.6 is 0 Å². The van der Waals surface area contributed by atoms with E-state index < -0.39 is 148 Å². The van der Waals surface area contributed by atoms with E-state index in [4.69, 9.17) is 147 Å². The summed E-state index contributed by atoms with van der Waals surface area (Å²) in [4.78, 5) is 52.6. The fourth-order valence-electron chi connectivity index (χ4n) is 17.1. The fraction of sp³-hybridized carbons (Fsp3) is 0.828. The van der Waals surface area contributed by atoms with Gasteiger partial charge in [0.15, 0.2) is 36.2 Å². The maximum atomic E-state index is 14.2. The standard InChI is InChI=1S/C93H149N13O35/c1-84(2,3)139-81(108)94-69-72-75(133-87(10,11)130-72)91(61-127-78(69)136-91)58-121-45-42-117-39-36-114-33-30-111-27-23-104-48-65(98-101-104)52-124-55-90(97-68(107)22-19-26-120-51-64-20-17-16-18-21-64,56-125-53-66-49-105(102-99-66)24-28-112-31-34-115-37-40-118-43-46-122-59-92-62-128-79(137-92)70(95-82(109)140-85(4,5)6)73-76(92)134-88(12,13)131-73)57-126-54-67-50-106(103-100-67)25-29-113-32-35-116-38-41-119-44-47-123-60-93-63-129-80(138-93)71(96-83(110)141-86(7,8)9)74-77(93)135-89(14,15)132-74/h16-18,20-21,48-50,69-80H,19,22-47,51-63H2,1-15H3,(H,94,108)(H,95,109)(H,96,110)(H,97,107)/t69-,70-,71-,72-,73-,74-,75-,76-,77-,78+,79+,80+,91+,92+,93+/m1/s1. The van der Waals surface area contributed by atoms with E-state index in [-0.39, 0.29) is 111 Å². The van der Waals surface area contributed by atoms with Crippen molar-refractivity contribution in [2.45, 2.75) is 293 Å². The number of aromatic nitrogens is 9. The van der Waals surface area contributed by atoms with Crippen LogP contribution in [0.2, 0.25) is 0 Å². The van der Waals surface area contributed by atoms with Crippen LogP contribution in [-0.2, 0) is 198 Å². The van der Waals surface area contributed by atoms with Gasteiger partial charge in [-0.3, -0.25) is 4.79 Å². The van der Waals surface area contributed by atoms with Crippen molar-refractivity contribution in [2.24, 2.45) is 0 Å². The predicted octanol–water partition coefficient (Wildman–Crippen LogP) is 4.08. The molecule has 0 unspecified atom stereocenters. The highest BCUT2D eigenvalue weighted by molar-refractivity contribution is 5.77. The van der Waals surface area contributed by atoms with Gasteiger partial charge in [-0.05, 0) is 116 Å². The Hall–Kier alpha value is -7.20. The number of hydrogen-bond acceptors (Lipinski definition) is 41. The Balaban J connectivity index is 0.527. The van der Waals surface area contributed by atoms with Crippen molar-refractivity contribution in [3.8, 4) is 0 Å². The second-order valence-corrected chi connectivity index (χ2v) is 40.2. The number of ether oxygens (including phenoxy) is 31.